The lowest BCUT2D eigenvalue weighted by atomic mass is 10.3. The van der Waals surface area contributed by atoms with Crippen LogP contribution in [0.5, 0.6) is 0 Å². The molecule has 4 heteroatoms. The van der Waals surface area contributed by atoms with E-state index in [0.717, 1.165) is 17.1 Å². The average Bonchev–Trinajstić information content (AvgIpc) is 2.56. The molecule has 0 aliphatic carbocycles. The standard InChI is InChI=1S/C12H10ClN3/c1-9-15-11(8-16(9)2)4-3-10-5-6-14-12(13)7-10/h5-8H,1-2H3. The van der Waals surface area contributed by atoms with Crippen LogP contribution in [0, 0.1) is 18.8 Å². The van der Waals surface area contributed by atoms with E-state index in [-0.39, 0.29) is 0 Å². The van der Waals surface area contributed by atoms with Gasteiger partial charge in [0.25, 0.3) is 0 Å². The summed E-state index contributed by atoms with van der Waals surface area (Å²) in [7, 11) is 1.94. The Morgan fingerprint density at radius 2 is 2.19 bits per heavy atom. The molecular formula is C12H10ClN3. The van der Waals surface area contributed by atoms with Crippen LogP contribution < -0.4 is 0 Å². The highest BCUT2D eigenvalue weighted by atomic mass is 35.5. The van der Waals surface area contributed by atoms with Gasteiger partial charge < -0.3 is 4.57 Å². The van der Waals surface area contributed by atoms with Crippen LogP contribution in [0.2, 0.25) is 5.15 Å². The van der Waals surface area contributed by atoms with Gasteiger partial charge in [-0.1, -0.05) is 17.5 Å². The number of aromatic nitrogens is 3. The highest BCUT2D eigenvalue weighted by Crippen LogP contribution is 2.06. The number of halogens is 1. The highest BCUT2D eigenvalue weighted by Gasteiger charge is 1.96. The van der Waals surface area contributed by atoms with Crippen LogP contribution in [0.15, 0.2) is 24.5 Å². The lowest BCUT2D eigenvalue weighted by molar-refractivity contribution is 0.858. The maximum atomic E-state index is 5.76. The summed E-state index contributed by atoms with van der Waals surface area (Å²) >= 11 is 5.76. The second-order valence-electron chi connectivity index (χ2n) is 3.40. The van der Waals surface area contributed by atoms with Gasteiger partial charge in [-0.15, -0.1) is 0 Å². The first kappa shape index (κ1) is 10.7. The zero-order chi connectivity index (χ0) is 11.5. The first-order valence-corrected chi connectivity index (χ1v) is 5.16. The predicted octanol–water partition coefficient (Wildman–Crippen LogP) is 2.18. The van der Waals surface area contributed by atoms with Crippen molar-refractivity contribution >= 4 is 11.6 Å². The Bertz CT molecular complexity index is 556. The summed E-state index contributed by atoms with van der Waals surface area (Å²) in [6.07, 6.45) is 3.53. The molecule has 2 heterocycles. The fourth-order valence-corrected chi connectivity index (χ4v) is 1.41. The van der Waals surface area contributed by atoms with Crippen LogP contribution in [0.1, 0.15) is 17.1 Å². The monoisotopic (exact) mass is 231 g/mol. The van der Waals surface area contributed by atoms with Gasteiger partial charge in [0.15, 0.2) is 0 Å². The van der Waals surface area contributed by atoms with E-state index in [1.165, 1.54) is 0 Å². The Morgan fingerprint density at radius 3 is 2.81 bits per heavy atom. The lowest BCUT2D eigenvalue weighted by Gasteiger charge is -1.89. The number of aryl methyl sites for hydroxylation is 2. The van der Waals surface area contributed by atoms with Crippen LogP contribution in [-0.2, 0) is 7.05 Å². The van der Waals surface area contributed by atoms with Gasteiger partial charge in [-0.05, 0) is 25.0 Å². The highest BCUT2D eigenvalue weighted by molar-refractivity contribution is 6.29. The number of pyridine rings is 1. The van der Waals surface area contributed by atoms with E-state index >= 15 is 0 Å². The van der Waals surface area contributed by atoms with Crippen molar-refractivity contribution in [2.24, 2.45) is 7.05 Å². The zero-order valence-corrected chi connectivity index (χ0v) is 9.78. The van der Waals surface area contributed by atoms with Crippen molar-refractivity contribution in [2.45, 2.75) is 6.92 Å². The molecule has 0 N–H and O–H groups in total. The van der Waals surface area contributed by atoms with Crippen LogP contribution >= 0.6 is 11.6 Å². The molecular weight excluding hydrogens is 222 g/mol. The van der Waals surface area contributed by atoms with Gasteiger partial charge >= 0.3 is 0 Å². The number of nitrogens with zero attached hydrogens (tertiary/aromatic N) is 3. The molecule has 2 aromatic heterocycles. The second-order valence-corrected chi connectivity index (χ2v) is 3.79. The summed E-state index contributed by atoms with van der Waals surface area (Å²) < 4.78 is 1.93. The van der Waals surface area contributed by atoms with Gasteiger partial charge in [0, 0.05) is 25.0 Å². The Hall–Kier alpha value is -1.79. The van der Waals surface area contributed by atoms with Crippen molar-refractivity contribution in [2.75, 3.05) is 0 Å². The summed E-state index contributed by atoms with van der Waals surface area (Å²) in [4.78, 5) is 8.18. The predicted molar refractivity (Wildman–Crippen MR) is 63.2 cm³/mol. The van der Waals surface area contributed by atoms with Crippen molar-refractivity contribution in [3.8, 4) is 11.8 Å². The molecule has 0 saturated carbocycles. The molecule has 2 aromatic rings. The van der Waals surface area contributed by atoms with E-state index in [4.69, 9.17) is 11.6 Å². The number of imidazole rings is 1. The Labute approximate surface area is 99.1 Å². The van der Waals surface area contributed by atoms with Crippen molar-refractivity contribution in [1.29, 1.82) is 0 Å². The molecule has 80 valence electrons. The first-order valence-electron chi connectivity index (χ1n) is 4.79. The molecule has 2 rings (SSSR count). The van der Waals surface area contributed by atoms with Crippen LogP contribution in [-0.4, -0.2) is 14.5 Å². The normalized spacial score (nSPS) is 9.69. The van der Waals surface area contributed by atoms with Gasteiger partial charge in [0.1, 0.15) is 16.7 Å². The molecule has 0 aliphatic rings. The van der Waals surface area contributed by atoms with E-state index in [1.54, 1.807) is 12.3 Å². The minimum atomic E-state index is 0.448. The van der Waals surface area contributed by atoms with Crippen molar-refractivity contribution < 1.29 is 0 Å². The molecule has 0 unspecified atom stereocenters. The quantitative estimate of drug-likeness (QED) is 0.514. The van der Waals surface area contributed by atoms with Crippen LogP contribution in [0.4, 0.5) is 0 Å². The molecule has 0 aliphatic heterocycles. The average molecular weight is 232 g/mol. The zero-order valence-electron chi connectivity index (χ0n) is 9.03. The molecule has 3 nitrogen and oxygen atoms in total. The Kier molecular flexibility index (Phi) is 2.93. The smallest absolute Gasteiger partial charge is 0.131 e. The summed E-state index contributed by atoms with van der Waals surface area (Å²) in [6.45, 7) is 1.94. The third kappa shape index (κ3) is 2.41. The van der Waals surface area contributed by atoms with E-state index in [1.807, 2.05) is 30.8 Å². The SMILES string of the molecule is Cc1nc(C#Cc2ccnc(Cl)c2)cn1C. The largest absolute Gasteiger partial charge is 0.337 e. The van der Waals surface area contributed by atoms with Crippen molar-refractivity contribution in [3.05, 3.63) is 46.8 Å². The maximum Gasteiger partial charge on any atom is 0.131 e. The molecule has 0 saturated heterocycles. The van der Waals surface area contributed by atoms with Crippen LogP contribution in [0.3, 0.4) is 0 Å². The molecule has 0 radical (unpaired) electrons. The summed E-state index contributed by atoms with van der Waals surface area (Å²) in [5.41, 5.74) is 1.59. The summed E-state index contributed by atoms with van der Waals surface area (Å²) in [5.74, 6) is 6.92. The topological polar surface area (TPSA) is 30.7 Å². The molecule has 0 fully saturated rings. The van der Waals surface area contributed by atoms with Crippen LogP contribution in [0.25, 0.3) is 0 Å². The minimum Gasteiger partial charge on any atom is -0.337 e. The van der Waals surface area contributed by atoms with Crippen molar-refractivity contribution in [1.82, 2.24) is 14.5 Å². The van der Waals surface area contributed by atoms with Gasteiger partial charge in [0.05, 0.1) is 0 Å². The van der Waals surface area contributed by atoms with E-state index in [2.05, 4.69) is 21.8 Å². The minimum absolute atomic E-state index is 0.448. The second kappa shape index (κ2) is 4.38. The molecule has 0 aromatic carbocycles. The fourth-order valence-electron chi connectivity index (χ4n) is 1.24. The Balaban J connectivity index is 2.28. The third-order valence-electron chi connectivity index (χ3n) is 2.17. The lowest BCUT2D eigenvalue weighted by Crippen LogP contribution is -1.86. The van der Waals surface area contributed by atoms with E-state index in [9.17, 15) is 0 Å². The van der Waals surface area contributed by atoms with Gasteiger partial charge in [-0.25, -0.2) is 9.97 Å². The van der Waals surface area contributed by atoms with Gasteiger partial charge in [0.2, 0.25) is 0 Å². The van der Waals surface area contributed by atoms with Gasteiger partial charge in [-0.2, -0.15) is 0 Å². The number of rotatable bonds is 0. The number of hydrogen-bond acceptors (Lipinski definition) is 2. The molecule has 0 amide bonds. The Morgan fingerprint density at radius 1 is 1.38 bits per heavy atom. The summed E-state index contributed by atoms with van der Waals surface area (Å²) in [6, 6.07) is 3.54. The number of hydrogen-bond donors (Lipinski definition) is 0. The molecule has 0 bridgehead atoms. The molecule has 16 heavy (non-hydrogen) atoms. The fraction of sp³-hybridized carbons (Fsp3) is 0.167. The van der Waals surface area contributed by atoms with Crippen molar-refractivity contribution in [3.63, 3.8) is 0 Å². The molecule has 0 atom stereocenters. The van der Waals surface area contributed by atoms with E-state index < -0.39 is 0 Å². The summed E-state index contributed by atoms with van der Waals surface area (Å²) in [5, 5.41) is 0.448. The van der Waals surface area contributed by atoms with Gasteiger partial charge in [-0.3, -0.25) is 0 Å². The molecule has 0 spiro atoms. The third-order valence-corrected chi connectivity index (χ3v) is 2.38. The van der Waals surface area contributed by atoms with E-state index in [0.29, 0.717) is 5.15 Å². The maximum absolute atomic E-state index is 5.76. The first-order chi connectivity index (χ1) is 7.65.